The molecule has 0 amide bonds. The van der Waals surface area contributed by atoms with E-state index in [0.717, 1.165) is 27.1 Å². The maximum absolute atomic E-state index is 12.6. The van der Waals surface area contributed by atoms with Crippen molar-refractivity contribution >= 4 is 17.7 Å². The molecule has 0 aliphatic heterocycles. The molecule has 1 rings (SSSR count). The largest absolute Gasteiger partial charge is 0.469 e. The van der Waals surface area contributed by atoms with Crippen molar-refractivity contribution in [2.24, 2.45) is 0 Å². The summed E-state index contributed by atoms with van der Waals surface area (Å²) in [6.07, 6.45) is -2.31. The van der Waals surface area contributed by atoms with Crippen molar-refractivity contribution in [1.29, 1.82) is 0 Å². The topological polar surface area (TPSA) is 81.7 Å². The summed E-state index contributed by atoms with van der Waals surface area (Å²) < 4.78 is 33.9. The van der Waals surface area contributed by atoms with Gasteiger partial charge in [0.15, 0.2) is 0 Å². The van der Waals surface area contributed by atoms with Crippen LogP contribution in [0.3, 0.4) is 0 Å². The number of carbonyl (C=O) groups excluding carboxylic acids is 3. The molecule has 1 N–H and O–H groups in total. The van der Waals surface area contributed by atoms with Gasteiger partial charge in [0.05, 0.1) is 20.6 Å². The minimum atomic E-state index is -3.36. The molecule has 0 aromatic heterocycles. The maximum Gasteiger partial charge on any atom is 0.343 e. The Hall–Kier alpha value is -1.99. The lowest BCUT2D eigenvalue weighted by Gasteiger charge is -2.14. The second kappa shape index (κ2) is 6.97. The molecule has 0 spiro atoms. The normalized spacial score (nSPS) is 15.4. The van der Waals surface area contributed by atoms with E-state index in [9.17, 15) is 23.2 Å². The van der Waals surface area contributed by atoms with Crippen LogP contribution in [-0.2, 0) is 23.9 Å². The fraction of sp³-hybridized carbons (Fsp3) is 0.583. The van der Waals surface area contributed by atoms with Gasteiger partial charge in [0.1, 0.15) is 5.57 Å². The van der Waals surface area contributed by atoms with E-state index < -0.39 is 36.1 Å². The molecule has 20 heavy (non-hydrogen) atoms. The number of ether oxygens (including phenoxy) is 2. The van der Waals surface area contributed by atoms with E-state index in [1.54, 1.807) is 0 Å². The van der Waals surface area contributed by atoms with E-state index in [-0.39, 0.29) is 11.7 Å². The first-order valence-corrected chi connectivity index (χ1v) is 5.87. The summed E-state index contributed by atoms with van der Waals surface area (Å²) in [5.74, 6) is -3.64. The average Bonchev–Trinajstić information content (AvgIpc) is 3.21. The van der Waals surface area contributed by atoms with Gasteiger partial charge in [0, 0.05) is 11.7 Å². The molecule has 0 heterocycles. The zero-order chi connectivity index (χ0) is 15.3. The highest BCUT2D eigenvalue weighted by molar-refractivity contribution is 6.19. The highest BCUT2D eigenvalue weighted by Gasteiger charge is 2.33. The fourth-order valence-electron chi connectivity index (χ4n) is 1.49. The zero-order valence-electron chi connectivity index (χ0n) is 11.1. The molecule has 1 aliphatic carbocycles. The first-order chi connectivity index (χ1) is 9.40. The van der Waals surface area contributed by atoms with Gasteiger partial charge < -0.3 is 14.8 Å². The predicted octanol–water partition coefficient (Wildman–Crippen LogP) is 0.563. The molecule has 1 fully saturated rings. The smallest absolute Gasteiger partial charge is 0.343 e. The summed E-state index contributed by atoms with van der Waals surface area (Å²) in [6.45, 7) is 0. The van der Waals surface area contributed by atoms with E-state index >= 15 is 0 Å². The summed E-state index contributed by atoms with van der Waals surface area (Å²) in [5, 5.41) is 2.73. The minimum Gasteiger partial charge on any atom is -0.469 e. The highest BCUT2D eigenvalue weighted by atomic mass is 19.3. The van der Waals surface area contributed by atoms with Crippen LogP contribution >= 0.6 is 0 Å². The third kappa shape index (κ3) is 4.29. The summed E-state index contributed by atoms with van der Waals surface area (Å²) in [4.78, 5) is 34.3. The van der Waals surface area contributed by atoms with Crippen LogP contribution in [0.1, 0.15) is 19.3 Å². The molecule has 0 aromatic carbocycles. The molecule has 0 saturated heterocycles. The van der Waals surface area contributed by atoms with Crippen LogP contribution in [0.2, 0.25) is 0 Å². The van der Waals surface area contributed by atoms with Crippen LogP contribution in [0.4, 0.5) is 8.78 Å². The lowest BCUT2D eigenvalue weighted by atomic mass is 10.1. The maximum atomic E-state index is 12.6. The molecule has 8 heteroatoms. The van der Waals surface area contributed by atoms with Crippen molar-refractivity contribution in [2.75, 3.05) is 14.2 Å². The van der Waals surface area contributed by atoms with Crippen LogP contribution in [0, 0.1) is 0 Å². The number of methoxy groups -OCH3 is 2. The molecule has 1 saturated carbocycles. The first kappa shape index (κ1) is 16.1. The Kier molecular flexibility index (Phi) is 5.60. The predicted molar refractivity (Wildman–Crippen MR) is 62.8 cm³/mol. The van der Waals surface area contributed by atoms with Crippen molar-refractivity contribution in [3.05, 3.63) is 11.3 Å². The number of nitrogens with one attached hydrogen (secondary N) is 1. The van der Waals surface area contributed by atoms with Gasteiger partial charge in [-0.15, -0.1) is 0 Å². The number of hydrogen-bond donors (Lipinski definition) is 1. The van der Waals surface area contributed by atoms with E-state index in [2.05, 4.69) is 14.8 Å². The zero-order valence-corrected chi connectivity index (χ0v) is 11.1. The molecule has 0 aromatic rings. The molecule has 6 nitrogen and oxygen atoms in total. The highest BCUT2D eigenvalue weighted by Crippen LogP contribution is 2.23. The van der Waals surface area contributed by atoms with E-state index in [1.807, 2.05) is 0 Å². The molecule has 0 bridgehead atoms. The van der Waals surface area contributed by atoms with Crippen LogP contribution in [0.25, 0.3) is 0 Å². The van der Waals surface area contributed by atoms with Gasteiger partial charge in [-0.1, -0.05) is 0 Å². The third-order valence-corrected chi connectivity index (χ3v) is 2.64. The van der Waals surface area contributed by atoms with Crippen molar-refractivity contribution in [2.45, 2.75) is 31.7 Å². The Labute approximate surface area is 114 Å². The molecule has 112 valence electrons. The number of hydrogen-bond acceptors (Lipinski definition) is 6. The number of alkyl halides is 2. The lowest BCUT2D eigenvalue weighted by molar-refractivity contribution is -0.140. The number of ketones is 1. The second-order valence-electron chi connectivity index (χ2n) is 4.18. The van der Waals surface area contributed by atoms with Crippen LogP contribution in [0.5, 0.6) is 0 Å². The average molecular weight is 291 g/mol. The third-order valence-electron chi connectivity index (χ3n) is 2.64. The Bertz CT molecular complexity index is 443. The number of rotatable bonds is 7. The lowest BCUT2D eigenvalue weighted by Crippen LogP contribution is -2.29. The summed E-state index contributed by atoms with van der Waals surface area (Å²) in [5.41, 5.74) is -1.02. The van der Waals surface area contributed by atoms with Crippen molar-refractivity contribution < 1.29 is 32.6 Å². The monoisotopic (exact) mass is 291 g/mol. The Morgan fingerprint density at radius 2 is 1.80 bits per heavy atom. The van der Waals surface area contributed by atoms with Crippen LogP contribution in [-0.4, -0.2) is 44.4 Å². The van der Waals surface area contributed by atoms with Crippen molar-refractivity contribution in [1.82, 2.24) is 5.32 Å². The molecular weight excluding hydrogens is 276 g/mol. The van der Waals surface area contributed by atoms with Crippen LogP contribution < -0.4 is 5.32 Å². The van der Waals surface area contributed by atoms with Crippen molar-refractivity contribution in [3.63, 3.8) is 0 Å². The van der Waals surface area contributed by atoms with Gasteiger partial charge in [-0.05, 0) is 12.8 Å². The van der Waals surface area contributed by atoms with Gasteiger partial charge in [-0.2, -0.15) is 0 Å². The van der Waals surface area contributed by atoms with E-state index in [1.165, 1.54) is 0 Å². The summed E-state index contributed by atoms with van der Waals surface area (Å²) in [6, 6.07) is -0.0419. The molecule has 0 unspecified atom stereocenters. The molecule has 1 aliphatic rings. The quantitative estimate of drug-likeness (QED) is 0.319. The fourth-order valence-corrected chi connectivity index (χ4v) is 1.49. The van der Waals surface area contributed by atoms with Gasteiger partial charge in [-0.25, -0.2) is 13.6 Å². The number of halogens is 2. The Balaban J connectivity index is 3.15. The van der Waals surface area contributed by atoms with Gasteiger partial charge >= 0.3 is 18.4 Å². The van der Waals surface area contributed by atoms with E-state index in [4.69, 9.17) is 0 Å². The van der Waals surface area contributed by atoms with Crippen LogP contribution in [0.15, 0.2) is 11.3 Å². The summed E-state index contributed by atoms with van der Waals surface area (Å²) in [7, 11) is 2.08. The van der Waals surface area contributed by atoms with Gasteiger partial charge in [-0.3, -0.25) is 9.59 Å². The van der Waals surface area contributed by atoms with Gasteiger partial charge in [0.2, 0.25) is 5.78 Å². The number of carbonyl (C=O) groups is 3. The van der Waals surface area contributed by atoms with Gasteiger partial charge in [0.25, 0.3) is 0 Å². The standard InChI is InChI=1S/C12H15F2NO5/c1-19-8(16)5-7(15-6-3-4-6)9(12(18)20-2)10(17)11(13)14/h6,11,15H,3-5H2,1-2H3/b9-7-. The molecule has 0 atom stereocenters. The number of esters is 2. The Morgan fingerprint density at radius 1 is 1.20 bits per heavy atom. The first-order valence-electron chi connectivity index (χ1n) is 5.87. The second-order valence-corrected chi connectivity index (χ2v) is 4.18. The SMILES string of the molecule is COC(=O)C/C(NC1CC1)=C(/C(=O)OC)C(=O)C(F)F. The number of Topliss-reactive ketones (excluding diaryl/α,β-unsaturated/α-hetero) is 1. The molecule has 0 radical (unpaired) electrons. The minimum absolute atomic E-state index is 0.0419. The van der Waals surface area contributed by atoms with E-state index in [0.29, 0.717) is 0 Å². The molecular formula is C12H15F2NO5. The Morgan fingerprint density at radius 3 is 2.20 bits per heavy atom. The summed E-state index contributed by atoms with van der Waals surface area (Å²) >= 11 is 0. The van der Waals surface area contributed by atoms with Crippen molar-refractivity contribution in [3.8, 4) is 0 Å².